The molecule has 0 radical (unpaired) electrons. The first-order valence-corrected chi connectivity index (χ1v) is 6.09. The van der Waals surface area contributed by atoms with Crippen molar-refractivity contribution < 1.29 is 4.74 Å². The first-order chi connectivity index (χ1) is 8.81. The molecule has 1 unspecified atom stereocenters. The predicted molar refractivity (Wildman–Crippen MR) is 71.0 cm³/mol. The van der Waals surface area contributed by atoms with E-state index in [1.54, 1.807) is 7.11 Å². The summed E-state index contributed by atoms with van der Waals surface area (Å²) in [5.74, 6) is 0. The van der Waals surface area contributed by atoms with E-state index in [0.717, 1.165) is 6.54 Å². The summed E-state index contributed by atoms with van der Waals surface area (Å²) in [6, 6.07) is 8.60. The molecule has 1 aromatic carbocycles. The largest absolute Gasteiger partial charge is 0.380 e. The van der Waals surface area contributed by atoms with Gasteiger partial charge in [0.15, 0.2) is 0 Å². The van der Waals surface area contributed by atoms with Gasteiger partial charge < -0.3 is 10.1 Å². The Morgan fingerprint density at radius 2 is 2.11 bits per heavy atom. The Bertz CT molecular complexity index is 468. The Morgan fingerprint density at radius 1 is 1.33 bits per heavy atom. The first kappa shape index (κ1) is 12.8. The third-order valence-corrected chi connectivity index (χ3v) is 3.04. The van der Waals surface area contributed by atoms with Crippen molar-refractivity contribution in [1.82, 2.24) is 15.5 Å². The predicted octanol–water partition coefficient (Wildman–Crippen LogP) is 2.41. The zero-order valence-electron chi connectivity index (χ0n) is 10.8. The maximum absolute atomic E-state index is 5.20. The van der Waals surface area contributed by atoms with Crippen LogP contribution in [0, 0.1) is 0 Å². The average Bonchev–Trinajstić information content (AvgIpc) is 2.92. The molecule has 4 heteroatoms. The maximum Gasteiger partial charge on any atom is 0.0716 e. The maximum atomic E-state index is 5.20. The van der Waals surface area contributed by atoms with Crippen molar-refractivity contribution >= 4 is 0 Å². The molecule has 0 aliphatic heterocycles. The Morgan fingerprint density at radius 3 is 2.78 bits per heavy atom. The van der Waals surface area contributed by atoms with Crippen molar-refractivity contribution in [2.45, 2.75) is 26.1 Å². The van der Waals surface area contributed by atoms with Crippen LogP contribution >= 0.6 is 0 Å². The van der Waals surface area contributed by atoms with Gasteiger partial charge in [-0.3, -0.25) is 5.10 Å². The number of benzene rings is 1. The van der Waals surface area contributed by atoms with Crippen LogP contribution in [-0.2, 0) is 17.9 Å². The fourth-order valence-electron chi connectivity index (χ4n) is 1.90. The van der Waals surface area contributed by atoms with Crippen molar-refractivity contribution in [3.63, 3.8) is 0 Å². The molecule has 1 heterocycles. The Labute approximate surface area is 107 Å². The van der Waals surface area contributed by atoms with Crippen LogP contribution in [0.25, 0.3) is 0 Å². The van der Waals surface area contributed by atoms with Crippen LogP contribution in [0.3, 0.4) is 0 Å². The lowest BCUT2D eigenvalue weighted by molar-refractivity contribution is 0.184. The molecule has 0 spiro atoms. The third kappa shape index (κ3) is 3.18. The molecule has 2 N–H and O–H groups in total. The van der Waals surface area contributed by atoms with Gasteiger partial charge in [-0.1, -0.05) is 24.3 Å². The summed E-state index contributed by atoms with van der Waals surface area (Å²) < 4.78 is 5.20. The van der Waals surface area contributed by atoms with E-state index < -0.39 is 0 Å². The quantitative estimate of drug-likeness (QED) is 0.821. The number of nitrogens with one attached hydrogen (secondary N) is 2. The number of ether oxygens (including phenoxy) is 1. The molecule has 0 fully saturated rings. The summed E-state index contributed by atoms with van der Waals surface area (Å²) in [5.41, 5.74) is 3.67. The van der Waals surface area contributed by atoms with Crippen LogP contribution in [0.15, 0.2) is 36.7 Å². The highest BCUT2D eigenvalue weighted by Gasteiger charge is 2.07. The molecule has 4 nitrogen and oxygen atoms in total. The number of rotatable bonds is 6. The van der Waals surface area contributed by atoms with Crippen LogP contribution in [0.1, 0.15) is 29.7 Å². The van der Waals surface area contributed by atoms with Gasteiger partial charge in [-0.15, -0.1) is 0 Å². The molecule has 0 aliphatic carbocycles. The third-order valence-electron chi connectivity index (χ3n) is 3.04. The van der Waals surface area contributed by atoms with Gasteiger partial charge in [0.05, 0.1) is 12.8 Å². The van der Waals surface area contributed by atoms with E-state index in [0.29, 0.717) is 6.61 Å². The Hall–Kier alpha value is -1.65. The zero-order valence-corrected chi connectivity index (χ0v) is 10.8. The Kier molecular flexibility index (Phi) is 4.50. The van der Waals surface area contributed by atoms with Gasteiger partial charge in [0.2, 0.25) is 0 Å². The zero-order chi connectivity index (χ0) is 12.8. The molecule has 2 rings (SSSR count). The van der Waals surface area contributed by atoms with Crippen LogP contribution in [-0.4, -0.2) is 17.3 Å². The van der Waals surface area contributed by atoms with Crippen LogP contribution in [0.2, 0.25) is 0 Å². The highest BCUT2D eigenvalue weighted by atomic mass is 16.5. The summed E-state index contributed by atoms with van der Waals surface area (Å²) in [6.45, 7) is 3.60. The summed E-state index contributed by atoms with van der Waals surface area (Å²) in [5, 5.41) is 10.3. The molecular weight excluding hydrogens is 226 g/mol. The number of hydrogen-bond donors (Lipinski definition) is 2. The molecule has 0 saturated heterocycles. The van der Waals surface area contributed by atoms with Crippen molar-refractivity contribution in [2.24, 2.45) is 0 Å². The second kappa shape index (κ2) is 6.33. The molecule has 0 saturated carbocycles. The summed E-state index contributed by atoms with van der Waals surface area (Å²) in [7, 11) is 1.72. The molecule has 18 heavy (non-hydrogen) atoms. The van der Waals surface area contributed by atoms with Gasteiger partial charge in [0.1, 0.15) is 0 Å². The molecule has 0 amide bonds. The van der Waals surface area contributed by atoms with Crippen molar-refractivity contribution in [1.29, 1.82) is 0 Å². The summed E-state index contributed by atoms with van der Waals surface area (Å²) in [4.78, 5) is 0. The molecule has 1 atom stereocenters. The van der Waals surface area contributed by atoms with E-state index in [1.165, 1.54) is 16.7 Å². The smallest absolute Gasteiger partial charge is 0.0716 e. The van der Waals surface area contributed by atoms with Gasteiger partial charge >= 0.3 is 0 Å². The van der Waals surface area contributed by atoms with Gasteiger partial charge in [-0.25, -0.2) is 0 Å². The second-order valence-corrected chi connectivity index (χ2v) is 4.34. The van der Waals surface area contributed by atoms with E-state index in [4.69, 9.17) is 4.74 Å². The minimum Gasteiger partial charge on any atom is -0.380 e. The summed E-state index contributed by atoms with van der Waals surface area (Å²) >= 11 is 0. The second-order valence-electron chi connectivity index (χ2n) is 4.34. The van der Waals surface area contributed by atoms with Crippen LogP contribution < -0.4 is 5.32 Å². The molecule has 96 valence electrons. The highest BCUT2D eigenvalue weighted by molar-refractivity contribution is 5.26. The van der Waals surface area contributed by atoms with Crippen molar-refractivity contribution in [3.05, 3.63) is 53.3 Å². The lowest BCUT2D eigenvalue weighted by Crippen LogP contribution is -2.18. The summed E-state index contributed by atoms with van der Waals surface area (Å²) in [6.07, 6.45) is 3.76. The number of H-pyrrole nitrogens is 1. The van der Waals surface area contributed by atoms with Crippen LogP contribution in [0.4, 0.5) is 0 Å². The minimum atomic E-state index is 0.277. The van der Waals surface area contributed by atoms with Gasteiger partial charge in [0.25, 0.3) is 0 Å². The van der Waals surface area contributed by atoms with E-state index in [2.05, 4.69) is 40.6 Å². The van der Waals surface area contributed by atoms with E-state index in [-0.39, 0.29) is 6.04 Å². The molecule has 0 aliphatic rings. The van der Waals surface area contributed by atoms with Gasteiger partial charge in [-0.05, 0) is 18.1 Å². The number of hydrogen-bond acceptors (Lipinski definition) is 3. The van der Waals surface area contributed by atoms with Crippen LogP contribution in [0.5, 0.6) is 0 Å². The lowest BCUT2D eigenvalue weighted by atomic mass is 10.1. The van der Waals surface area contributed by atoms with Gasteiger partial charge in [-0.2, -0.15) is 5.10 Å². The van der Waals surface area contributed by atoms with E-state index >= 15 is 0 Å². The monoisotopic (exact) mass is 245 g/mol. The topological polar surface area (TPSA) is 49.9 Å². The number of nitrogens with zero attached hydrogens (tertiary/aromatic N) is 1. The number of aromatic nitrogens is 2. The molecular formula is C14H19N3O. The fourth-order valence-corrected chi connectivity index (χ4v) is 1.90. The number of methoxy groups -OCH3 is 1. The minimum absolute atomic E-state index is 0.277. The Balaban J connectivity index is 1.97. The number of aromatic amines is 1. The van der Waals surface area contributed by atoms with E-state index in [9.17, 15) is 0 Å². The average molecular weight is 245 g/mol. The highest BCUT2D eigenvalue weighted by Crippen LogP contribution is 2.13. The molecule has 2 aromatic rings. The van der Waals surface area contributed by atoms with Crippen molar-refractivity contribution in [2.75, 3.05) is 7.11 Å². The SMILES string of the molecule is COCc1ccccc1CNC(C)c1cn[nH]c1. The standard InChI is InChI=1S/C14H19N3O/c1-11(14-8-16-17-9-14)15-7-12-5-3-4-6-13(12)10-18-2/h3-6,8-9,11,15H,7,10H2,1-2H3,(H,16,17). The lowest BCUT2D eigenvalue weighted by Gasteiger charge is -2.14. The first-order valence-electron chi connectivity index (χ1n) is 6.09. The molecule has 0 bridgehead atoms. The van der Waals surface area contributed by atoms with Gasteiger partial charge in [0, 0.05) is 31.5 Å². The normalized spacial score (nSPS) is 12.6. The fraction of sp³-hybridized carbons (Fsp3) is 0.357. The van der Waals surface area contributed by atoms with Crippen molar-refractivity contribution in [3.8, 4) is 0 Å². The molecule has 1 aromatic heterocycles. The van der Waals surface area contributed by atoms with E-state index in [1.807, 2.05) is 18.5 Å².